The topological polar surface area (TPSA) is 53.8 Å². The van der Waals surface area contributed by atoms with Crippen molar-refractivity contribution in [1.82, 2.24) is 5.32 Å². The van der Waals surface area contributed by atoms with E-state index in [1.165, 1.54) is 17.3 Å². The lowest BCUT2D eigenvalue weighted by molar-refractivity contribution is -0.118. The molecule has 1 aliphatic heterocycles. The predicted octanol–water partition coefficient (Wildman–Crippen LogP) is 4.28. The molecule has 4 nitrogen and oxygen atoms in total. The summed E-state index contributed by atoms with van der Waals surface area (Å²) in [5, 5.41) is 11.3. The highest BCUT2D eigenvalue weighted by atomic mass is 32.2. The third-order valence-corrected chi connectivity index (χ3v) is 5.06. The highest BCUT2D eigenvalue weighted by Gasteiger charge is 2.31. The summed E-state index contributed by atoms with van der Waals surface area (Å²) in [7, 11) is 0. The van der Waals surface area contributed by atoms with Crippen LogP contribution >= 0.6 is 11.8 Å². The maximum absolute atomic E-state index is 12.1. The zero-order chi connectivity index (χ0) is 17.9. The van der Waals surface area contributed by atoms with Crippen molar-refractivity contribution in [3.63, 3.8) is 0 Å². The van der Waals surface area contributed by atoms with Crippen LogP contribution in [0.5, 0.6) is 0 Å². The first-order valence-electron chi connectivity index (χ1n) is 8.17. The van der Waals surface area contributed by atoms with Crippen LogP contribution in [0.3, 0.4) is 0 Å². The molecule has 1 fully saturated rings. The average Bonchev–Trinajstić information content (AvgIpc) is 2.96. The largest absolute Gasteiger partial charge is 0.302 e. The molecule has 3 rings (SSSR count). The maximum atomic E-state index is 12.1. The predicted molar refractivity (Wildman–Crippen MR) is 105 cm³/mol. The van der Waals surface area contributed by atoms with Gasteiger partial charge in [0.2, 0.25) is 5.91 Å². The van der Waals surface area contributed by atoms with Gasteiger partial charge in [0.15, 0.2) is 5.17 Å². The van der Waals surface area contributed by atoms with Gasteiger partial charge in [0.1, 0.15) is 5.25 Å². The van der Waals surface area contributed by atoms with E-state index in [4.69, 9.17) is 0 Å². The smallest absolute Gasteiger partial charge is 0.244 e. The Balaban J connectivity index is 1.66. The fourth-order valence-electron chi connectivity index (χ4n) is 2.48. The van der Waals surface area contributed by atoms with Gasteiger partial charge in [0.05, 0.1) is 6.21 Å². The maximum Gasteiger partial charge on any atom is 0.244 e. The number of carbonyl (C=O) groups is 1. The lowest BCUT2D eigenvalue weighted by atomic mass is 9.87. The van der Waals surface area contributed by atoms with E-state index in [1.54, 1.807) is 6.21 Å². The zero-order valence-corrected chi connectivity index (χ0v) is 15.4. The summed E-state index contributed by atoms with van der Waals surface area (Å²) in [5.41, 5.74) is 3.36. The Morgan fingerprint density at radius 2 is 1.72 bits per heavy atom. The van der Waals surface area contributed by atoms with Crippen LogP contribution in [0.15, 0.2) is 64.8 Å². The molecule has 0 bridgehead atoms. The van der Waals surface area contributed by atoms with Gasteiger partial charge in [-0.15, -0.1) is 5.10 Å². The standard InChI is InChI=1S/C20H21N3OS/c1-20(2,3)16-11-9-14(10-12-16)13-21-23-19-22-18(24)17(25-19)15-7-5-4-6-8-15/h4-13,17H,1-3H3,(H,22,23,24)/b21-13-. The molecule has 1 amide bonds. The van der Waals surface area contributed by atoms with Gasteiger partial charge >= 0.3 is 0 Å². The minimum atomic E-state index is -0.263. The van der Waals surface area contributed by atoms with Crippen molar-refractivity contribution in [2.75, 3.05) is 0 Å². The molecule has 1 N–H and O–H groups in total. The van der Waals surface area contributed by atoms with Crippen LogP contribution in [-0.2, 0) is 10.2 Å². The minimum Gasteiger partial charge on any atom is -0.302 e. The van der Waals surface area contributed by atoms with Crippen LogP contribution in [0.4, 0.5) is 0 Å². The van der Waals surface area contributed by atoms with Crippen LogP contribution in [0, 0.1) is 0 Å². The molecule has 25 heavy (non-hydrogen) atoms. The van der Waals surface area contributed by atoms with E-state index in [2.05, 4.69) is 48.4 Å². The number of amidine groups is 1. The van der Waals surface area contributed by atoms with Crippen LogP contribution in [0.2, 0.25) is 0 Å². The summed E-state index contributed by atoms with van der Waals surface area (Å²) < 4.78 is 0. The molecule has 0 radical (unpaired) electrons. The number of amides is 1. The first kappa shape index (κ1) is 17.4. The Labute approximate surface area is 152 Å². The van der Waals surface area contributed by atoms with Crippen molar-refractivity contribution < 1.29 is 4.79 Å². The molecule has 1 heterocycles. The fourth-order valence-corrected chi connectivity index (χ4v) is 3.41. The molecule has 0 aliphatic carbocycles. The quantitative estimate of drug-likeness (QED) is 0.663. The first-order chi connectivity index (χ1) is 11.9. The summed E-state index contributed by atoms with van der Waals surface area (Å²) in [6.45, 7) is 6.56. The molecule has 1 atom stereocenters. The number of benzene rings is 2. The minimum absolute atomic E-state index is 0.0559. The number of hydrogen-bond acceptors (Lipinski definition) is 4. The van der Waals surface area contributed by atoms with Gasteiger partial charge in [-0.25, -0.2) is 0 Å². The van der Waals surface area contributed by atoms with E-state index >= 15 is 0 Å². The Morgan fingerprint density at radius 1 is 1.04 bits per heavy atom. The molecule has 0 spiro atoms. The van der Waals surface area contributed by atoms with Crippen molar-refractivity contribution in [3.05, 3.63) is 71.3 Å². The Bertz CT molecular complexity index is 805. The van der Waals surface area contributed by atoms with E-state index in [0.717, 1.165) is 11.1 Å². The average molecular weight is 351 g/mol. The number of carbonyl (C=O) groups excluding carboxylic acids is 1. The second kappa shape index (κ2) is 7.23. The van der Waals surface area contributed by atoms with E-state index in [9.17, 15) is 4.79 Å². The van der Waals surface area contributed by atoms with Crippen molar-refractivity contribution in [1.29, 1.82) is 0 Å². The third kappa shape index (κ3) is 4.37. The fraction of sp³-hybridized carbons (Fsp3) is 0.250. The van der Waals surface area contributed by atoms with Crippen LogP contribution in [-0.4, -0.2) is 17.3 Å². The Kier molecular flexibility index (Phi) is 5.04. The number of rotatable bonds is 3. The Hall–Kier alpha value is -2.40. The highest BCUT2D eigenvalue weighted by molar-refractivity contribution is 8.15. The van der Waals surface area contributed by atoms with Gasteiger partial charge in [0.25, 0.3) is 0 Å². The first-order valence-corrected chi connectivity index (χ1v) is 9.05. The van der Waals surface area contributed by atoms with Crippen molar-refractivity contribution in [2.45, 2.75) is 31.4 Å². The number of nitrogens with zero attached hydrogens (tertiary/aromatic N) is 2. The second-order valence-electron chi connectivity index (χ2n) is 6.92. The van der Waals surface area contributed by atoms with Crippen molar-refractivity contribution in [3.8, 4) is 0 Å². The van der Waals surface area contributed by atoms with Gasteiger partial charge < -0.3 is 5.32 Å². The zero-order valence-electron chi connectivity index (χ0n) is 14.6. The molecular formula is C20H21N3OS. The molecule has 1 saturated heterocycles. The van der Waals surface area contributed by atoms with Gasteiger partial charge in [-0.1, -0.05) is 87.1 Å². The van der Waals surface area contributed by atoms with E-state index in [0.29, 0.717) is 5.17 Å². The summed E-state index contributed by atoms with van der Waals surface area (Å²) in [6.07, 6.45) is 1.70. The molecule has 0 aromatic heterocycles. The third-order valence-electron chi connectivity index (χ3n) is 3.93. The monoisotopic (exact) mass is 351 g/mol. The molecule has 1 aliphatic rings. The Morgan fingerprint density at radius 3 is 2.36 bits per heavy atom. The van der Waals surface area contributed by atoms with Crippen LogP contribution in [0.1, 0.15) is 42.7 Å². The summed E-state index contributed by atoms with van der Waals surface area (Å²) in [4.78, 5) is 12.1. The van der Waals surface area contributed by atoms with E-state index < -0.39 is 0 Å². The molecule has 128 valence electrons. The van der Waals surface area contributed by atoms with Gasteiger partial charge in [0, 0.05) is 0 Å². The summed E-state index contributed by atoms with van der Waals surface area (Å²) in [5.74, 6) is -0.0559. The van der Waals surface area contributed by atoms with E-state index in [1.807, 2.05) is 42.5 Å². The van der Waals surface area contributed by atoms with Crippen molar-refractivity contribution >= 4 is 29.1 Å². The lowest BCUT2D eigenvalue weighted by Gasteiger charge is -2.18. The molecule has 2 aromatic rings. The number of thioether (sulfide) groups is 1. The van der Waals surface area contributed by atoms with Crippen LogP contribution in [0.25, 0.3) is 0 Å². The van der Waals surface area contributed by atoms with Crippen LogP contribution < -0.4 is 5.32 Å². The van der Waals surface area contributed by atoms with E-state index in [-0.39, 0.29) is 16.6 Å². The normalized spacial score (nSPS) is 19.6. The van der Waals surface area contributed by atoms with Gasteiger partial charge in [-0.3, -0.25) is 4.79 Å². The van der Waals surface area contributed by atoms with Gasteiger partial charge in [-0.05, 0) is 22.1 Å². The van der Waals surface area contributed by atoms with Gasteiger partial charge in [-0.2, -0.15) is 5.10 Å². The number of nitrogens with one attached hydrogen (secondary N) is 1. The number of hydrogen-bond donors (Lipinski definition) is 1. The summed E-state index contributed by atoms with van der Waals surface area (Å²) >= 11 is 1.39. The lowest BCUT2D eigenvalue weighted by Crippen LogP contribution is -2.21. The molecule has 2 aromatic carbocycles. The molecular weight excluding hydrogens is 330 g/mol. The van der Waals surface area contributed by atoms with Crippen molar-refractivity contribution in [2.24, 2.45) is 10.2 Å². The SMILES string of the molecule is CC(C)(C)c1ccc(/C=N\N=C2/NC(=O)C(c3ccccc3)S2)cc1. The highest BCUT2D eigenvalue weighted by Crippen LogP contribution is 2.34. The second-order valence-corrected chi connectivity index (χ2v) is 8.01. The summed E-state index contributed by atoms with van der Waals surface area (Å²) in [6, 6.07) is 17.9. The molecule has 1 unspecified atom stereocenters. The molecule has 5 heteroatoms. The molecule has 0 saturated carbocycles.